The number of likely N-dealkylation sites (tertiary alicyclic amines) is 1. The van der Waals surface area contributed by atoms with E-state index in [9.17, 15) is 4.79 Å². The first kappa shape index (κ1) is 20.4. The number of hydrogen-bond donors (Lipinski definition) is 1. The minimum absolute atomic E-state index is 0.109. The van der Waals surface area contributed by atoms with Crippen LogP contribution in [-0.2, 0) is 17.7 Å². The maximum Gasteiger partial charge on any atom is 0.251 e. The molecule has 1 fully saturated rings. The fourth-order valence-electron chi connectivity index (χ4n) is 3.37. The van der Waals surface area contributed by atoms with Crippen molar-refractivity contribution in [1.29, 1.82) is 0 Å². The fourth-order valence-corrected chi connectivity index (χ4v) is 3.37. The van der Waals surface area contributed by atoms with Crippen molar-refractivity contribution in [3.8, 4) is 5.75 Å². The molecule has 1 aliphatic heterocycles. The number of amides is 1. The number of methoxy groups -OCH3 is 1. The zero-order valence-corrected chi connectivity index (χ0v) is 16.8. The average Bonchev–Trinajstić information content (AvgIpc) is 3.17. The smallest absolute Gasteiger partial charge is 0.251 e. The van der Waals surface area contributed by atoms with E-state index in [4.69, 9.17) is 13.9 Å². The molecule has 28 heavy (non-hydrogen) atoms. The third-order valence-corrected chi connectivity index (χ3v) is 4.97. The standard InChI is InChI=1S/C22H30N2O4/c1-3-18-7-8-21(27-18)16-24-12-9-19(10-13-24)28-20-6-4-5-17(15-20)22(25)23-11-14-26-2/h4-8,15,19H,3,9-14,16H2,1-2H3,(H,23,25). The van der Waals surface area contributed by atoms with Gasteiger partial charge in [-0.05, 0) is 43.2 Å². The van der Waals surface area contributed by atoms with Gasteiger partial charge < -0.3 is 19.2 Å². The Hall–Kier alpha value is -2.31. The first-order valence-electron chi connectivity index (χ1n) is 10.0. The van der Waals surface area contributed by atoms with Gasteiger partial charge in [-0.2, -0.15) is 0 Å². The lowest BCUT2D eigenvalue weighted by Gasteiger charge is -2.31. The summed E-state index contributed by atoms with van der Waals surface area (Å²) >= 11 is 0. The molecule has 1 aromatic carbocycles. The highest BCUT2D eigenvalue weighted by atomic mass is 16.5. The quantitative estimate of drug-likeness (QED) is 0.670. The van der Waals surface area contributed by atoms with E-state index in [1.54, 1.807) is 13.2 Å². The first-order valence-corrected chi connectivity index (χ1v) is 10.0. The normalized spacial score (nSPS) is 15.5. The lowest BCUT2D eigenvalue weighted by atomic mass is 10.1. The second-order valence-electron chi connectivity index (χ2n) is 7.09. The summed E-state index contributed by atoms with van der Waals surface area (Å²) in [6, 6.07) is 11.5. The topological polar surface area (TPSA) is 63.9 Å². The molecule has 0 aliphatic carbocycles. The van der Waals surface area contributed by atoms with Gasteiger partial charge in [0.1, 0.15) is 23.4 Å². The highest BCUT2D eigenvalue weighted by Crippen LogP contribution is 2.22. The van der Waals surface area contributed by atoms with Crippen LogP contribution in [0.4, 0.5) is 0 Å². The van der Waals surface area contributed by atoms with Gasteiger partial charge >= 0.3 is 0 Å². The Morgan fingerprint density at radius 3 is 2.71 bits per heavy atom. The van der Waals surface area contributed by atoms with Crippen LogP contribution in [0.3, 0.4) is 0 Å². The van der Waals surface area contributed by atoms with Gasteiger partial charge in [0.15, 0.2) is 0 Å². The molecule has 0 atom stereocenters. The molecular weight excluding hydrogens is 356 g/mol. The summed E-state index contributed by atoms with van der Waals surface area (Å²) in [5.41, 5.74) is 0.607. The minimum Gasteiger partial charge on any atom is -0.490 e. The van der Waals surface area contributed by atoms with E-state index in [2.05, 4.69) is 29.3 Å². The van der Waals surface area contributed by atoms with Gasteiger partial charge in [-0.3, -0.25) is 9.69 Å². The summed E-state index contributed by atoms with van der Waals surface area (Å²) < 4.78 is 16.9. The highest BCUT2D eigenvalue weighted by molar-refractivity contribution is 5.94. The fraction of sp³-hybridized carbons (Fsp3) is 0.500. The van der Waals surface area contributed by atoms with Crippen LogP contribution >= 0.6 is 0 Å². The molecule has 3 rings (SSSR count). The molecule has 0 spiro atoms. The second kappa shape index (κ2) is 10.3. The zero-order valence-electron chi connectivity index (χ0n) is 16.8. The number of nitrogens with zero attached hydrogens (tertiary/aromatic N) is 1. The third kappa shape index (κ3) is 5.84. The van der Waals surface area contributed by atoms with E-state index in [-0.39, 0.29) is 12.0 Å². The van der Waals surface area contributed by atoms with Crippen LogP contribution in [0.25, 0.3) is 0 Å². The summed E-state index contributed by atoms with van der Waals surface area (Å²) in [6.45, 7) is 5.90. The average molecular weight is 386 g/mol. The molecular formula is C22H30N2O4. The van der Waals surface area contributed by atoms with Crippen LogP contribution in [0, 0.1) is 0 Å². The number of carbonyl (C=O) groups excluding carboxylic acids is 1. The number of benzene rings is 1. The molecule has 0 saturated carbocycles. The third-order valence-electron chi connectivity index (χ3n) is 4.97. The number of aryl methyl sites for hydroxylation is 1. The monoisotopic (exact) mass is 386 g/mol. The Bertz CT molecular complexity index is 750. The molecule has 1 amide bonds. The number of carbonyl (C=O) groups is 1. The van der Waals surface area contributed by atoms with Crippen molar-refractivity contribution in [2.45, 2.75) is 38.8 Å². The van der Waals surface area contributed by atoms with Gasteiger partial charge in [-0.1, -0.05) is 13.0 Å². The molecule has 6 nitrogen and oxygen atoms in total. The Labute approximate surface area is 166 Å². The molecule has 6 heteroatoms. The van der Waals surface area contributed by atoms with Crippen molar-refractivity contribution in [2.75, 3.05) is 33.4 Å². The lowest BCUT2D eigenvalue weighted by Crippen LogP contribution is -2.37. The summed E-state index contributed by atoms with van der Waals surface area (Å²) in [6.07, 6.45) is 3.03. The molecule has 1 aromatic heterocycles. The largest absolute Gasteiger partial charge is 0.490 e. The van der Waals surface area contributed by atoms with Crippen molar-refractivity contribution in [3.63, 3.8) is 0 Å². The van der Waals surface area contributed by atoms with Crippen molar-refractivity contribution in [1.82, 2.24) is 10.2 Å². The van der Waals surface area contributed by atoms with E-state index >= 15 is 0 Å². The molecule has 1 N–H and O–H groups in total. The van der Waals surface area contributed by atoms with Crippen LogP contribution in [0.5, 0.6) is 5.75 Å². The predicted octanol–water partition coefficient (Wildman–Crippen LogP) is 3.26. The maximum atomic E-state index is 12.2. The number of ether oxygens (including phenoxy) is 2. The SMILES string of the molecule is CCc1ccc(CN2CCC(Oc3cccc(C(=O)NCCOC)c3)CC2)o1. The predicted molar refractivity (Wildman–Crippen MR) is 108 cm³/mol. The molecule has 0 unspecified atom stereocenters. The summed E-state index contributed by atoms with van der Waals surface area (Å²) in [5.74, 6) is 2.71. The van der Waals surface area contributed by atoms with Crippen molar-refractivity contribution < 1.29 is 18.7 Å². The maximum absolute atomic E-state index is 12.2. The van der Waals surface area contributed by atoms with Crippen LogP contribution in [-0.4, -0.2) is 50.3 Å². The van der Waals surface area contributed by atoms with Crippen molar-refractivity contribution in [3.05, 3.63) is 53.5 Å². The summed E-state index contributed by atoms with van der Waals surface area (Å²) in [5, 5.41) is 2.83. The second-order valence-corrected chi connectivity index (χ2v) is 7.09. The zero-order chi connectivity index (χ0) is 19.8. The van der Waals surface area contributed by atoms with Crippen molar-refractivity contribution >= 4 is 5.91 Å². The summed E-state index contributed by atoms with van der Waals surface area (Å²) in [4.78, 5) is 14.6. The van der Waals surface area contributed by atoms with Crippen molar-refractivity contribution in [2.24, 2.45) is 0 Å². The molecule has 1 saturated heterocycles. The number of piperidine rings is 1. The molecule has 2 aromatic rings. The molecule has 0 bridgehead atoms. The number of hydrogen-bond acceptors (Lipinski definition) is 5. The van der Waals surface area contributed by atoms with E-state index in [0.29, 0.717) is 18.7 Å². The van der Waals surface area contributed by atoms with E-state index in [1.165, 1.54) is 0 Å². The minimum atomic E-state index is -0.109. The van der Waals surface area contributed by atoms with Crippen LogP contribution in [0.15, 0.2) is 40.8 Å². The van der Waals surface area contributed by atoms with E-state index < -0.39 is 0 Å². The van der Waals surface area contributed by atoms with Gasteiger partial charge in [-0.25, -0.2) is 0 Å². The van der Waals surface area contributed by atoms with Crippen LogP contribution in [0.1, 0.15) is 41.6 Å². The molecule has 0 radical (unpaired) electrons. The van der Waals surface area contributed by atoms with Gasteiger partial charge in [0.2, 0.25) is 0 Å². The number of rotatable bonds is 9. The summed E-state index contributed by atoms with van der Waals surface area (Å²) in [7, 11) is 1.61. The van der Waals surface area contributed by atoms with E-state index in [1.807, 2.05) is 18.2 Å². The highest BCUT2D eigenvalue weighted by Gasteiger charge is 2.21. The van der Waals surface area contributed by atoms with Crippen LogP contribution < -0.4 is 10.1 Å². The Balaban J connectivity index is 1.46. The molecule has 152 valence electrons. The number of furan rings is 1. The first-order chi connectivity index (χ1) is 13.7. The Morgan fingerprint density at radius 1 is 1.21 bits per heavy atom. The van der Waals surface area contributed by atoms with Gasteiger partial charge in [0, 0.05) is 38.7 Å². The Morgan fingerprint density at radius 2 is 2.00 bits per heavy atom. The molecule has 2 heterocycles. The van der Waals surface area contributed by atoms with E-state index in [0.717, 1.165) is 56.2 Å². The Kier molecular flexibility index (Phi) is 7.51. The lowest BCUT2D eigenvalue weighted by molar-refractivity contribution is 0.0909. The van der Waals surface area contributed by atoms with Gasteiger partial charge in [0.25, 0.3) is 5.91 Å². The van der Waals surface area contributed by atoms with Gasteiger partial charge in [0.05, 0.1) is 13.2 Å². The van der Waals surface area contributed by atoms with Gasteiger partial charge in [-0.15, -0.1) is 0 Å². The van der Waals surface area contributed by atoms with Crippen LogP contribution in [0.2, 0.25) is 0 Å². The molecule has 1 aliphatic rings. The number of nitrogens with one attached hydrogen (secondary N) is 1.